The van der Waals surface area contributed by atoms with Gasteiger partial charge in [0.05, 0.1) is 0 Å². The summed E-state index contributed by atoms with van der Waals surface area (Å²) in [5.74, 6) is 0.811. The number of carbonyl (C=O) groups excluding carboxylic acids is 1. The van der Waals surface area contributed by atoms with Gasteiger partial charge >= 0.3 is 6.03 Å². The average Bonchev–Trinajstić information content (AvgIpc) is 3.20. The van der Waals surface area contributed by atoms with E-state index in [9.17, 15) is 4.79 Å². The number of anilines is 1. The molecule has 0 aromatic heterocycles. The minimum Gasteiger partial charge on any atom is -0.354 e. The van der Waals surface area contributed by atoms with Crippen molar-refractivity contribution < 1.29 is 4.79 Å². The zero-order valence-electron chi connectivity index (χ0n) is 17.5. The zero-order valence-corrected chi connectivity index (χ0v) is 19.8. The monoisotopic (exact) mass is 501 g/mol. The molecule has 1 atom stereocenters. The predicted octanol–water partition coefficient (Wildman–Crippen LogP) is 4.57. The van der Waals surface area contributed by atoms with E-state index >= 15 is 0 Å². The number of rotatable bonds is 8. The summed E-state index contributed by atoms with van der Waals surface area (Å²) in [7, 11) is 1.79. The van der Waals surface area contributed by atoms with Crippen molar-refractivity contribution in [3.05, 3.63) is 29.8 Å². The highest BCUT2D eigenvalue weighted by Crippen LogP contribution is 2.14. The van der Waals surface area contributed by atoms with E-state index in [1.165, 1.54) is 19.3 Å². The van der Waals surface area contributed by atoms with Crippen molar-refractivity contribution in [2.45, 2.75) is 65.0 Å². The molecular weight excluding hydrogens is 465 g/mol. The second kappa shape index (κ2) is 13.6. The number of aliphatic imine (C=N–C) groups is 1. The minimum atomic E-state index is -0.00371. The molecule has 1 aliphatic heterocycles. The summed E-state index contributed by atoms with van der Waals surface area (Å²) < 4.78 is 0. The van der Waals surface area contributed by atoms with Crippen LogP contribution in [0.25, 0.3) is 0 Å². The van der Waals surface area contributed by atoms with Crippen LogP contribution in [0.3, 0.4) is 0 Å². The van der Waals surface area contributed by atoms with E-state index < -0.39 is 0 Å². The maximum Gasteiger partial charge on any atom is 0.321 e. The molecule has 3 N–H and O–H groups in total. The van der Waals surface area contributed by atoms with Crippen molar-refractivity contribution in [1.29, 1.82) is 0 Å². The van der Waals surface area contributed by atoms with Gasteiger partial charge in [0.1, 0.15) is 0 Å². The van der Waals surface area contributed by atoms with Crippen molar-refractivity contribution in [3.63, 3.8) is 0 Å². The highest BCUT2D eigenvalue weighted by molar-refractivity contribution is 14.0. The average molecular weight is 501 g/mol. The maximum absolute atomic E-state index is 12.2. The zero-order chi connectivity index (χ0) is 19.5. The van der Waals surface area contributed by atoms with Crippen molar-refractivity contribution in [3.8, 4) is 0 Å². The second-order valence-corrected chi connectivity index (χ2v) is 7.29. The van der Waals surface area contributed by atoms with Crippen LogP contribution in [0.4, 0.5) is 10.5 Å². The normalized spacial score (nSPS) is 15.0. The van der Waals surface area contributed by atoms with E-state index in [0.717, 1.165) is 49.6 Å². The number of likely N-dealkylation sites (tertiary alicyclic amines) is 1. The van der Waals surface area contributed by atoms with Crippen molar-refractivity contribution in [1.82, 2.24) is 15.5 Å². The number of guanidine groups is 1. The fraction of sp³-hybridized carbons (Fsp3) is 0.619. The van der Waals surface area contributed by atoms with Crippen LogP contribution in [0.5, 0.6) is 0 Å². The molecular formula is C21H36IN5O. The van der Waals surface area contributed by atoms with Gasteiger partial charge in [0.25, 0.3) is 0 Å². The summed E-state index contributed by atoms with van der Waals surface area (Å²) in [4.78, 5) is 18.4. The van der Waals surface area contributed by atoms with Gasteiger partial charge in [0.15, 0.2) is 5.96 Å². The van der Waals surface area contributed by atoms with Crippen molar-refractivity contribution in [2.75, 3.05) is 25.5 Å². The second-order valence-electron chi connectivity index (χ2n) is 7.29. The fourth-order valence-electron chi connectivity index (χ4n) is 3.27. The quantitative estimate of drug-likeness (QED) is 0.212. The molecule has 1 unspecified atom stereocenters. The number of nitrogens with one attached hydrogen (secondary N) is 3. The van der Waals surface area contributed by atoms with Gasteiger partial charge in [-0.05, 0) is 43.9 Å². The smallest absolute Gasteiger partial charge is 0.321 e. The summed E-state index contributed by atoms with van der Waals surface area (Å²) in [6.45, 7) is 6.78. The molecule has 0 radical (unpaired) electrons. The van der Waals surface area contributed by atoms with Crippen LogP contribution in [0.2, 0.25) is 0 Å². The Morgan fingerprint density at radius 3 is 2.68 bits per heavy atom. The number of urea groups is 1. The first-order chi connectivity index (χ1) is 13.1. The van der Waals surface area contributed by atoms with Gasteiger partial charge in [-0.2, -0.15) is 0 Å². The molecule has 2 amide bonds. The molecule has 0 saturated carbocycles. The topological polar surface area (TPSA) is 68.8 Å². The molecule has 0 spiro atoms. The Hall–Kier alpha value is -1.51. The van der Waals surface area contributed by atoms with Crippen LogP contribution >= 0.6 is 24.0 Å². The Labute approximate surface area is 187 Å². The lowest BCUT2D eigenvalue weighted by molar-refractivity contribution is 0.222. The van der Waals surface area contributed by atoms with Crippen molar-refractivity contribution >= 4 is 41.7 Å². The Morgan fingerprint density at radius 1 is 1.25 bits per heavy atom. The number of nitrogens with zero attached hydrogens (tertiary/aromatic N) is 2. The van der Waals surface area contributed by atoms with Crippen LogP contribution in [-0.4, -0.2) is 43.1 Å². The summed E-state index contributed by atoms with van der Waals surface area (Å²) in [5, 5.41) is 9.80. The molecule has 1 heterocycles. The molecule has 1 saturated heterocycles. The first-order valence-corrected chi connectivity index (χ1v) is 10.2. The Morgan fingerprint density at radius 2 is 2.00 bits per heavy atom. The molecule has 2 rings (SSSR count). The predicted molar refractivity (Wildman–Crippen MR) is 129 cm³/mol. The van der Waals surface area contributed by atoms with Crippen LogP contribution in [-0.2, 0) is 6.54 Å². The van der Waals surface area contributed by atoms with E-state index in [4.69, 9.17) is 0 Å². The van der Waals surface area contributed by atoms with E-state index in [1.54, 1.807) is 7.05 Å². The third-order valence-electron chi connectivity index (χ3n) is 4.88. The van der Waals surface area contributed by atoms with E-state index in [1.807, 2.05) is 23.1 Å². The fourth-order valence-corrected chi connectivity index (χ4v) is 3.27. The van der Waals surface area contributed by atoms with Crippen LogP contribution < -0.4 is 16.0 Å². The number of halogens is 1. The summed E-state index contributed by atoms with van der Waals surface area (Å²) in [6, 6.07) is 8.36. The molecule has 28 heavy (non-hydrogen) atoms. The highest BCUT2D eigenvalue weighted by Gasteiger charge is 2.17. The first-order valence-electron chi connectivity index (χ1n) is 10.2. The number of amides is 2. The lowest BCUT2D eigenvalue weighted by Gasteiger charge is -2.18. The lowest BCUT2D eigenvalue weighted by Crippen LogP contribution is -2.41. The van der Waals surface area contributed by atoms with Crippen LogP contribution in [0.15, 0.2) is 29.3 Å². The van der Waals surface area contributed by atoms with Gasteiger partial charge in [-0.1, -0.05) is 38.3 Å². The molecule has 1 aromatic carbocycles. The Kier molecular flexibility index (Phi) is 11.9. The molecule has 0 bridgehead atoms. The largest absolute Gasteiger partial charge is 0.354 e. The molecule has 7 heteroatoms. The van der Waals surface area contributed by atoms with Crippen LogP contribution in [0, 0.1) is 0 Å². The number of carbonyl (C=O) groups is 1. The number of hydrogen-bond acceptors (Lipinski definition) is 2. The van der Waals surface area contributed by atoms with Gasteiger partial charge in [0, 0.05) is 38.4 Å². The first kappa shape index (κ1) is 24.5. The third kappa shape index (κ3) is 8.67. The van der Waals surface area contributed by atoms with Gasteiger partial charge in [-0.15, -0.1) is 24.0 Å². The minimum absolute atomic E-state index is 0. The Balaban J connectivity index is 0.00000392. The molecule has 1 aliphatic rings. The summed E-state index contributed by atoms with van der Waals surface area (Å²) in [6.07, 6.45) is 7.09. The summed E-state index contributed by atoms with van der Waals surface area (Å²) in [5.41, 5.74) is 1.94. The molecule has 1 aromatic rings. The standard InChI is InChI=1S/C21H35N5O.HI/c1-4-5-6-10-17(2)24-20(22-3)23-16-18-11-9-12-19(15-18)25-21(27)26-13-7-8-14-26;/h9,11-12,15,17H,4-8,10,13-14,16H2,1-3H3,(H,25,27)(H2,22,23,24);1H. The maximum atomic E-state index is 12.2. The number of unbranched alkanes of at least 4 members (excludes halogenated alkanes) is 2. The van der Waals surface area contributed by atoms with E-state index in [-0.39, 0.29) is 30.0 Å². The molecule has 0 aliphatic carbocycles. The number of benzene rings is 1. The Bertz CT molecular complexity index is 617. The SMILES string of the molecule is CCCCCC(C)NC(=NC)NCc1cccc(NC(=O)N2CCCC2)c1.I. The van der Waals surface area contributed by atoms with Gasteiger partial charge in [-0.3, -0.25) is 4.99 Å². The lowest BCUT2D eigenvalue weighted by atomic mass is 10.1. The molecule has 6 nitrogen and oxygen atoms in total. The summed E-state index contributed by atoms with van der Waals surface area (Å²) >= 11 is 0. The highest BCUT2D eigenvalue weighted by atomic mass is 127. The number of hydrogen-bond donors (Lipinski definition) is 3. The van der Waals surface area contributed by atoms with E-state index in [0.29, 0.717) is 12.6 Å². The van der Waals surface area contributed by atoms with E-state index in [2.05, 4.69) is 40.9 Å². The third-order valence-corrected chi connectivity index (χ3v) is 4.88. The molecule has 1 fully saturated rings. The molecule has 158 valence electrons. The van der Waals surface area contributed by atoms with Crippen molar-refractivity contribution in [2.24, 2.45) is 4.99 Å². The van der Waals surface area contributed by atoms with Gasteiger partial charge in [-0.25, -0.2) is 4.79 Å². The van der Waals surface area contributed by atoms with Gasteiger partial charge in [0.2, 0.25) is 0 Å². The van der Waals surface area contributed by atoms with Crippen LogP contribution in [0.1, 0.15) is 57.9 Å². The van der Waals surface area contributed by atoms with Gasteiger partial charge < -0.3 is 20.9 Å².